The topological polar surface area (TPSA) is 149 Å². The summed E-state index contributed by atoms with van der Waals surface area (Å²) in [6.07, 6.45) is -2.99. The largest absolute Gasteiger partial charge is 0.495 e. The number of amides is 1. The fraction of sp³-hybridized carbons (Fsp3) is 0.333. The van der Waals surface area contributed by atoms with E-state index in [1.165, 1.54) is 49.6 Å². The summed E-state index contributed by atoms with van der Waals surface area (Å²) in [5.74, 6) is 0.474. The number of imidazole rings is 1. The summed E-state index contributed by atoms with van der Waals surface area (Å²) >= 11 is 0. The lowest BCUT2D eigenvalue weighted by Crippen LogP contribution is -2.31. The highest BCUT2D eigenvalue weighted by atomic mass is 19.4. The molecule has 204 valence electrons. The molecule has 0 saturated carbocycles. The van der Waals surface area contributed by atoms with Crippen LogP contribution in [0, 0.1) is 0 Å². The molecule has 39 heavy (non-hydrogen) atoms. The molecule has 4 aromatic heterocycles. The van der Waals surface area contributed by atoms with Gasteiger partial charge in [0.25, 0.3) is 0 Å². The summed E-state index contributed by atoms with van der Waals surface area (Å²) in [6.45, 7) is -0.0972. The maximum absolute atomic E-state index is 13.1. The molecular formula is C24H23F3N8O4. The van der Waals surface area contributed by atoms with Crippen molar-refractivity contribution >= 4 is 22.9 Å². The van der Waals surface area contributed by atoms with Crippen LogP contribution in [0.4, 0.5) is 19.0 Å². The molecule has 5 heterocycles. The number of hydrogen-bond donors (Lipinski definition) is 3. The van der Waals surface area contributed by atoms with Crippen LogP contribution in [-0.2, 0) is 22.3 Å². The summed E-state index contributed by atoms with van der Waals surface area (Å²) in [5.41, 5.74) is 0.119. The predicted molar refractivity (Wildman–Crippen MR) is 130 cm³/mol. The number of nitrogens with one attached hydrogen (secondary N) is 2. The van der Waals surface area contributed by atoms with Crippen LogP contribution in [0.5, 0.6) is 5.75 Å². The number of carbonyl (C=O) groups excluding carboxylic acids is 1. The van der Waals surface area contributed by atoms with E-state index in [0.29, 0.717) is 11.3 Å². The Labute approximate surface area is 219 Å². The Bertz CT molecular complexity index is 1510. The van der Waals surface area contributed by atoms with Gasteiger partial charge in [0.15, 0.2) is 29.0 Å². The monoisotopic (exact) mass is 544 g/mol. The number of pyridine rings is 2. The molecule has 0 spiro atoms. The Morgan fingerprint density at radius 2 is 2.08 bits per heavy atom. The van der Waals surface area contributed by atoms with Crippen LogP contribution in [0.25, 0.3) is 22.6 Å². The number of hydrogen-bond acceptors (Lipinski definition) is 10. The van der Waals surface area contributed by atoms with Crippen LogP contribution in [0.1, 0.15) is 24.0 Å². The van der Waals surface area contributed by atoms with Gasteiger partial charge in [0.1, 0.15) is 23.7 Å². The maximum atomic E-state index is 13.1. The molecule has 5 rings (SSSR count). The second kappa shape index (κ2) is 10.4. The van der Waals surface area contributed by atoms with Crippen molar-refractivity contribution in [2.75, 3.05) is 19.5 Å². The molecule has 1 aliphatic rings. The number of rotatable bonds is 7. The van der Waals surface area contributed by atoms with Crippen LogP contribution in [-0.4, -0.2) is 66.9 Å². The number of carbonyl (C=O) groups is 1. The standard InChI is InChI=1S/C24H23F3N8O4/c1-28-22(37)16-7-15(36)23(39-16)35-11-31-18-20(30-9-13-4-3-5-17(32-13)24(25,26)27)33-19(34-21(18)35)12-6-14(38-2)10-29-8-12/h3-6,8,10-11,15-16,23,36H,7,9H2,1-2H3,(H,28,37)(H,30,33,34)/t15-,16+,23-/m1/s1. The van der Waals surface area contributed by atoms with Crippen LogP contribution in [0.15, 0.2) is 43.0 Å². The number of halogens is 3. The second-order valence-corrected chi connectivity index (χ2v) is 8.63. The van der Waals surface area contributed by atoms with Crippen LogP contribution in [0.3, 0.4) is 0 Å². The van der Waals surface area contributed by atoms with Gasteiger partial charge in [-0.2, -0.15) is 13.2 Å². The number of aliphatic hydroxyl groups is 1. The van der Waals surface area contributed by atoms with E-state index in [0.717, 1.165) is 6.07 Å². The predicted octanol–water partition coefficient (Wildman–Crippen LogP) is 2.32. The summed E-state index contributed by atoms with van der Waals surface area (Å²) in [6, 6.07) is 5.27. The second-order valence-electron chi connectivity index (χ2n) is 8.63. The number of alkyl halides is 3. The number of nitrogens with zero attached hydrogens (tertiary/aromatic N) is 6. The number of methoxy groups -OCH3 is 1. The van der Waals surface area contributed by atoms with Gasteiger partial charge in [-0.15, -0.1) is 0 Å². The van der Waals surface area contributed by atoms with Gasteiger partial charge in [0, 0.05) is 25.2 Å². The third-order valence-electron chi connectivity index (χ3n) is 6.06. The molecule has 0 bridgehead atoms. The number of anilines is 1. The first-order valence-electron chi connectivity index (χ1n) is 11.7. The van der Waals surface area contributed by atoms with Crippen molar-refractivity contribution in [3.8, 4) is 17.1 Å². The summed E-state index contributed by atoms with van der Waals surface area (Å²) < 4.78 is 51.9. The number of ether oxygens (including phenoxy) is 2. The van der Waals surface area contributed by atoms with Crippen molar-refractivity contribution in [1.82, 2.24) is 34.8 Å². The van der Waals surface area contributed by atoms with Gasteiger partial charge in [-0.25, -0.2) is 19.9 Å². The van der Waals surface area contributed by atoms with E-state index in [2.05, 4.69) is 35.6 Å². The van der Waals surface area contributed by atoms with Crippen molar-refractivity contribution in [3.05, 3.63) is 54.4 Å². The van der Waals surface area contributed by atoms with Gasteiger partial charge in [-0.3, -0.25) is 14.3 Å². The van der Waals surface area contributed by atoms with E-state index >= 15 is 0 Å². The van der Waals surface area contributed by atoms with Gasteiger partial charge in [0.2, 0.25) is 5.91 Å². The number of aliphatic hydroxyl groups excluding tert-OH is 1. The maximum Gasteiger partial charge on any atom is 0.433 e. The molecule has 1 aliphatic heterocycles. The minimum Gasteiger partial charge on any atom is -0.495 e. The minimum absolute atomic E-state index is 0.0636. The van der Waals surface area contributed by atoms with E-state index < -0.39 is 30.3 Å². The van der Waals surface area contributed by atoms with Crippen LogP contribution < -0.4 is 15.4 Å². The summed E-state index contributed by atoms with van der Waals surface area (Å²) in [7, 11) is 2.95. The normalized spacial score (nSPS) is 19.3. The molecule has 0 unspecified atom stereocenters. The number of likely N-dealkylation sites (N-methyl/N-ethyl adjacent to an activating group) is 1. The van der Waals surface area contributed by atoms with Gasteiger partial charge >= 0.3 is 6.18 Å². The molecule has 0 aliphatic carbocycles. The average Bonchev–Trinajstić information content (AvgIpc) is 3.54. The lowest BCUT2D eigenvalue weighted by Gasteiger charge is -2.17. The summed E-state index contributed by atoms with van der Waals surface area (Å²) in [4.78, 5) is 33.4. The van der Waals surface area contributed by atoms with E-state index in [-0.39, 0.29) is 47.4 Å². The van der Waals surface area contributed by atoms with Crippen LogP contribution >= 0.6 is 0 Å². The molecule has 1 saturated heterocycles. The van der Waals surface area contributed by atoms with Gasteiger partial charge in [0.05, 0.1) is 31.9 Å². The van der Waals surface area contributed by atoms with Crippen molar-refractivity contribution in [2.24, 2.45) is 0 Å². The van der Waals surface area contributed by atoms with Crippen molar-refractivity contribution in [3.63, 3.8) is 0 Å². The quantitative estimate of drug-likeness (QED) is 0.316. The Morgan fingerprint density at radius 1 is 1.26 bits per heavy atom. The van der Waals surface area contributed by atoms with E-state index in [1.54, 1.807) is 6.07 Å². The van der Waals surface area contributed by atoms with Crippen molar-refractivity contribution in [1.29, 1.82) is 0 Å². The zero-order valence-corrected chi connectivity index (χ0v) is 20.7. The van der Waals surface area contributed by atoms with E-state index in [4.69, 9.17) is 9.47 Å². The van der Waals surface area contributed by atoms with E-state index in [9.17, 15) is 23.1 Å². The van der Waals surface area contributed by atoms with Crippen molar-refractivity contribution in [2.45, 2.75) is 37.6 Å². The SMILES string of the molecule is CNC(=O)[C@@H]1C[C@@H](O)[C@H](n2cnc3c(NCc4cccc(C(F)(F)F)n4)nc(-c4cncc(OC)c4)nc32)O1. The van der Waals surface area contributed by atoms with Gasteiger partial charge in [-0.1, -0.05) is 6.07 Å². The highest BCUT2D eigenvalue weighted by Crippen LogP contribution is 2.34. The number of fused-ring (bicyclic) bond motifs is 1. The van der Waals surface area contributed by atoms with E-state index in [1.807, 2.05) is 0 Å². The Hall–Kier alpha value is -4.37. The average molecular weight is 544 g/mol. The zero-order chi connectivity index (χ0) is 27.7. The highest BCUT2D eigenvalue weighted by Gasteiger charge is 2.39. The molecule has 12 nitrogen and oxygen atoms in total. The minimum atomic E-state index is -4.59. The van der Waals surface area contributed by atoms with Gasteiger partial charge < -0.3 is 25.2 Å². The third-order valence-corrected chi connectivity index (χ3v) is 6.06. The third kappa shape index (κ3) is 5.31. The molecule has 1 amide bonds. The lowest BCUT2D eigenvalue weighted by atomic mass is 10.2. The molecular weight excluding hydrogens is 521 g/mol. The molecule has 4 aromatic rings. The molecule has 1 fully saturated rings. The first kappa shape index (κ1) is 26.2. The first-order valence-corrected chi connectivity index (χ1v) is 11.7. The summed E-state index contributed by atoms with van der Waals surface area (Å²) in [5, 5.41) is 16.2. The number of aromatic nitrogens is 6. The first-order chi connectivity index (χ1) is 18.7. The van der Waals surface area contributed by atoms with Crippen LogP contribution in [0.2, 0.25) is 0 Å². The fourth-order valence-corrected chi connectivity index (χ4v) is 4.15. The highest BCUT2D eigenvalue weighted by molar-refractivity contribution is 5.85. The fourth-order valence-electron chi connectivity index (χ4n) is 4.15. The Balaban J connectivity index is 1.55. The molecule has 15 heteroatoms. The molecule has 0 aromatic carbocycles. The molecule has 0 radical (unpaired) electrons. The lowest BCUT2D eigenvalue weighted by molar-refractivity contribution is -0.141. The Morgan fingerprint density at radius 3 is 2.82 bits per heavy atom. The molecule has 3 atom stereocenters. The zero-order valence-electron chi connectivity index (χ0n) is 20.7. The van der Waals surface area contributed by atoms with Gasteiger partial charge in [-0.05, 0) is 18.2 Å². The Kier molecular flexibility index (Phi) is 7.01. The van der Waals surface area contributed by atoms with Crippen molar-refractivity contribution < 1.29 is 32.5 Å². The molecule has 3 N–H and O–H groups in total. The smallest absolute Gasteiger partial charge is 0.433 e.